The van der Waals surface area contributed by atoms with Crippen LogP contribution in [0.2, 0.25) is 0 Å². The number of benzene rings is 1. The molecular formula is C14H21NO. The van der Waals surface area contributed by atoms with Crippen molar-refractivity contribution in [3.63, 3.8) is 0 Å². The summed E-state index contributed by atoms with van der Waals surface area (Å²) in [4.78, 5) is 0. The lowest BCUT2D eigenvalue weighted by Crippen LogP contribution is -2.14. The first kappa shape index (κ1) is 11.5. The molecule has 1 aromatic carbocycles. The summed E-state index contributed by atoms with van der Waals surface area (Å²) < 4.78 is 5.49. The zero-order valence-corrected chi connectivity index (χ0v) is 10.6. The molecule has 1 aliphatic heterocycles. The normalized spacial score (nSPS) is 24.8. The van der Waals surface area contributed by atoms with Gasteiger partial charge in [-0.3, -0.25) is 0 Å². The van der Waals surface area contributed by atoms with E-state index in [1.54, 1.807) is 7.11 Å². The lowest BCUT2D eigenvalue weighted by molar-refractivity contribution is 0.402. The molecule has 2 heteroatoms. The van der Waals surface area contributed by atoms with Gasteiger partial charge in [0.2, 0.25) is 0 Å². The summed E-state index contributed by atoms with van der Waals surface area (Å²) in [6, 6.07) is 4.88. The third-order valence-electron chi connectivity index (χ3n) is 3.57. The van der Waals surface area contributed by atoms with Gasteiger partial charge in [-0.2, -0.15) is 0 Å². The van der Waals surface area contributed by atoms with Crippen molar-refractivity contribution >= 4 is 0 Å². The minimum absolute atomic E-state index is 0.462. The van der Waals surface area contributed by atoms with Crippen molar-refractivity contribution in [2.45, 2.75) is 33.2 Å². The Balaban J connectivity index is 2.35. The predicted octanol–water partition coefficient (Wildman–Crippen LogP) is 2.98. The predicted molar refractivity (Wildman–Crippen MR) is 67.0 cm³/mol. The molecule has 0 spiro atoms. The third-order valence-corrected chi connectivity index (χ3v) is 3.57. The second-order valence-corrected chi connectivity index (χ2v) is 4.98. The number of aryl methyl sites for hydroxylation is 2. The molecule has 1 aliphatic rings. The number of ether oxygens (including phenoxy) is 1. The fourth-order valence-corrected chi connectivity index (χ4v) is 2.41. The van der Waals surface area contributed by atoms with E-state index in [4.69, 9.17) is 4.74 Å². The van der Waals surface area contributed by atoms with E-state index in [2.05, 4.69) is 38.2 Å². The molecule has 0 amide bonds. The molecule has 0 aliphatic carbocycles. The summed E-state index contributed by atoms with van der Waals surface area (Å²) in [5.41, 5.74) is 3.96. The largest absolute Gasteiger partial charge is 0.496 e. The highest BCUT2D eigenvalue weighted by molar-refractivity contribution is 5.43. The van der Waals surface area contributed by atoms with Crippen molar-refractivity contribution in [1.82, 2.24) is 5.32 Å². The molecule has 0 saturated carbocycles. The van der Waals surface area contributed by atoms with Crippen LogP contribution in [0, 0.1) is 19.8 Å². The Morgan fingerprint density at radius 3 is 2.50 bits per heavy atom. The zero-order chi connectivity index (χ0) is 11.7. The van der Waals surface area contributed by atoms with Gasteiger partial charge in [0.05, 0.1) is 7.11 Å². The summed E-state index contributed by atoms with van der Waals surface area (Å²) in [5.74, 6) is 1.78. The Hall–Kier alpha value is -1.02. The van der Waals surface area contributed by atoms with Crippen LogP contribution in [0.3, 0.4) is 0 Å². The number of nitrogens with one attached hydrogen (secondary N) is 1. The van der Waals surface area contributed by atoms with Crippen LogP contribution in [0.4, 0.5) is 0 Å². The molecule has 88 valence electrons. The first-order chi connectivity index (χ1) is 7.61. The SMILES string of the molecule is COc1cc(C)c(C)cc1[C@H]1C[C@H](C)CN1. The molecule has 0 bridgehead atoms. The number of hydrogen-bond donors (Lipinski definition) is 1. The van der Waals surface area contributed by atoms with Crippen molar-refractivity contribution in [3.8, 4) is 5.75 Å². The second kappa shape index (κ2) is 4.46. The molecule has 2 rings (SSSR count). The average molecular weight is 219 g/mol. The minimum atomic E-state index is 0.462. The number of methoxy groups -OCH3 is 1. The van der Waals surface area contributed by atoms with E-state index in [0.29, 0.717) is 6.04 Å². The van der Waals surface area contributed by atoms with Gasteiger partial charge in [-0.25, -0.2) is 0 Å². The van der Waals surface area contributed by atoms with Gasteiger partial charge >= 0.3 is 0 Å². The maximum atomic E-state index is 5.49. The van der Waals surface area contributed by atoms with Gasteiger partial charge in [0.25, 0.3) is 0 Å². The quantitative estimate of drug-likeness (QED) is 0.825. The average Bonchev–Trinajstić information content (AvgIpc) is 2.68. The lowest BCUT2D eigenvalue weighted by atomic mass is 9.96. The maximum absolute atomic E-state index is 5.49. The summed E-state index contributed by atoms with van der Waals surface area (Å²) in [7, 11) is 1.76. The summed E-state index contributed by atoms with van der Waals surface area (Å²) in [5, 5.41) is 3.56. The Labute approximate surface area is 98.0 Å². The van der Waals surface area contributed by atoms with Gasteiger partial charge in [0, 0.05) is 11.6 Å². The lowest BCUT2D eigenvalue weighted by Gasteiger charge is -2.17. The molecule has 0 aromatic heterocycles. The van der Waals surface area contributed by atoms with Crippen LogP contribution in [0.5, 0.6) is 5.75 Å². The van der Waals surface area contributed by atoms with Crippen molar-refractivity contribution in [2.24, 2.45) is 5.92 Å². The summed E-state index contributed by atoms with van der Waals surface area (Å²) >= 11 is 0. The fraction of sp³-hybridized carbons (Fsp3) is 0.571. The van der Waals surface area contributed by atoms with Gasteiger partial charge in [-0.1, -0.05) is 13.0 Å². The molecule has 1 N–H and O–H groups in total. The van der Waals surface area contributed by atoms with E-state index in [9.17, 15) is 0 Å². The molecule has 2 nitrogen and oxygen atoms in total. The van der Waals surface area contributed by atoms with Gasteiger partial charge in [0.1, 0.15) is 5.75 Å². The van der Waals surface area contributed by atoms with Gasteiger partial charge in [-0.05, 0) is 49.9 Å². The van der Waals surface area contributed by atoms with Crippen LogP contribution in [0.25, 0.3) is 0 Å². The van der Waals surface area contributed by atoms with Crippen molar-refractivity contribution < 1.29 is 4.74 Å². The first-order valence-corrected chi connectivity index (χ1v) is 6.00. The molecule has 2 atom stereocenters. The maximum Gasteiger partial charge on any atom is 0.123 e. The molecular weight excluding hydrogens is 198 g/mol. The smallest absolute Gasteiger partial charge is 0.123 e. The molecule has 16 heavy (non-hydrogen) atoms. The monoisotopic (exact) mass is 219 g/mol. The Kier molecular flexibility index (Phi) is 3.20. The Morgan fingerprint density at radius 2 is 1.94 bits per heavy atom. The highest BCUT2D eigenvalue weighted by Crippen LogP contribution is 2.34. The second-order valence-electron chi connectivity index (χ2n) is 4.98. The summed E-state index contributed by atoms with van der Waals surface area (Å²) in [6.45, 7) is 7.70. The highest BCUT2D eigenvalue weighted by atomic mass is 16.5. The third kappa shape index (κ3) is 2.07. The Bertz CT molecular complexity index is 387. The van der Waals surface area contributed by atoms with E-state index in [1.165, 1.54) is 23.1 Å². The van der Waals surface area contributed by atoms with Gasteiger partial charge < -0.3 is 10.1 Å². The highest BCUT2D eigenvalue weighted by Gasteiger charge is 2.24. The fourth-order valence-electron chi connectivity index (χ4n) is 2.41. The van der Waals surface area contributed by atoms with Crippen molar-refractivity contribution in [2.75, 3.05) is 13.7 Å². The van der Waals surface area contributed by atoms with E-state index in [1.807, 2.05) is 0 Å². The van der Waals surface area contributed by atoms with Gasteiger partial charge in [0.15, 0.2) is 0 Å². The molecule has 1 heterocycles. The topological polar surface area (TPSA) is 21.3 Å². The van der Waals surface area contributed by atoms with Crippen LogP contribution in [-0.2, 0) is 0 Å². The van der Waals surface area contributed by atoms with Crippen molar-refractivity contribution in [1.29, 1.82) is 0 Å². The van der Waals surface area contributed by atoms with Crippen LogP contribution in [0.1, 0.15) is 36.1 Å². The summed E-state index contributed by atoms with van der Waals surface area (Å²) in [6.07, 6.45) is 1.21. The van der Waals surface area contributed by atoms with Gasteiger partial charge in [-0.15, -0.1) is 0 Å². The number of hydrogen-bond acceptors (Lipinski definition) is 2. The number of rotatable bonds is 2. The van der Waals surface area contributed by atoms with E-state index < -0.39 is 0 Å². The molecule has 1 fully saturated rings. The molecule has 1 saturated heterocycles. The van der Waals surface area contributed by atoms with E-state index in [0.717, 1.165) is 18.2 Å². The van der Waals surface area contributed by atoms with Crippen LogP contribution < -0.4 is 10.1 Å². The van der Waals surface area contributed by atoms with Crippen molar-refractivity contribution in [3.05, 3.63) is 28.8 Å². The standard InChI is InChI=1S/C14H21NO/c1-9-5-13(15-8-9)12-6-10(2)11(3)7-14(12)16-4/h6-7,9,13,15H,5,8H2,1-4H3/t9-,13+/m0/s1. The van der Waals surface area contributed by atoms with Crippen LogP contribution >= 0.6 is 0 Å². The van der Waals surface area contributed by atoms with Crippen LogP contribution in [0.15, 0.2) is 12.1 Å². The first-order valence-electron chi connectivity index (χ1n) is 6.00. The zero-order valence-electron chi connectivity index (χ0n) is 10.6. The molecule has 0 radical (unpaired) electrons. The van der Waals surface area contributed by atoms with Crippen LogP contribution in [-0.4, -0.2) is 13.7 Å². The molecule has 0 unspecified atom stereocenters. The van der Waals surface area contributed by atoms with E-state index >= 15 is 0 Å². The van der Waals surface area contributed by atoms with E-state index in [-0.39, 0.29) is 0 Å². The molecule has 1 aromatic rings. The Morgan fingerprint density at radius 1 is 1.25 bits per heavy atom. The minimum Gasteiger partial charge on any atom is -0.496 e.